The molecule has 1 aromatic rings. The highest BCUT2D eigenvalue weighted by molar-refractivity contribution is 5.46. The molecule has 0 saturated heterocycles. The van der Waals surface area contributed by atoms with Crippen LogP contribution in [-0.2, 0) is 4.74 Å². The first-order valence-corrected chi connectivity index (χ1v) is 8.39. The average molecular weight is 310 g/mol. The number of nitrogens with zero attached hydrogens (tertiary/aromatic N) is 1. The zero-order valence-corrected chi connectivity index (χ0v) is 15.0. The SMILES string of the molecule is CCC.CCNc1ccc(OCCN(CC)CCOC)cc1. The molecule has 0 spiro atoms. The highest BCUT2D eigenvalue weighted by atomic mass is 16.5. The third kappa shape index (κ3) is 10.5. The summed E-state index contributed by atoms with van der Waals surface area (Å²) in [5.41, 5.74) is 1.13. The molecule has 0 atom stereocenters. The van der Waals surface area contributed by atoms with Gasteiger partial charge in [0.25, 0.3) is 0 Å². The summed E-state index contributed by atoms with van der Waals surface area (Å²) >= 11 is 0. The van der Waals surface area contributed by atoms with Crippen LogP contribution in [0.1, 0.15) is 34.1 Å². The van der Waals surface area contributed by atoms with Gasteiger partial charge in [-0.25, -0.2) is 0 Å². The smallest absolute Gasteiger partial charge is 0.119 e. The highest BCUT2D eigenvalue weighted by Gasteiger charge is 2.02. The fourth-order valence-corrected chi connectivity index (χ4v) is 1.81. The van der Waals surface area contributed by atoms with E-state index in [4.69, 9.17) is 9.47 Å². The summed E-state index contributed by atoms with van der Waals surface area (Å²) < 4.78 is 10.8. The summed E-state index contributed by atoms with van der Waals surface area (Å²) in [4.78, 5) is 2.32. The first kappa shape index (κ1) is 20.7. The Labute approximate surface area is 136 Å². The lowest BCUT2D eigenvalue weighted by Crippen LogP contribution is -2.31. The molecule has 0 aromatic heterocycles. The van der Waals surface area contributed by atoms with Crippen LogP contribution in [0.25, 0.3) is 0 Å². The number of anilines is 1. The summed E-state index contributed by atoms with van der Waals surface area (Å²) in [6, 6.07) is 8.09. The maximum Gasteiger partial charge on any atom is 0.119 e. The van der Waals surface area contributed by atoms with Crippen molar-refractivity contribution in [2.75, 3.05) is 51.8 Å². The molecule has 1 rings (SSSR count). The fraction of sp³-hybridized carbons (Fsp3) is 0.667. The minimum absolute atomic E-state index is 0.706. The summed E-state index contributed by atoms with van der Waals surface area (Å²) in [5.74, 6) is 0.921. The number of hydrogen-bond donors (Lipinski definition) is 1. The minimum atomic E-state index is 0.706. The largest absolute Gasteiger partial charge is 0.492 e. The van der Waals surface area contributed by atoms with Crippen LogP contribution < -0.4 is 10.1 Å². The van der Waals surface area contributed by atoms with Crippen molar-refractivity contribution in [1.82, 2.24) is 4.90 Å². The van der Waals surface area contributed by atoms with Crippen molar-refractivity contribution in [3.8, 4) is 5.75 Å². The van der Waals surface area contributed by atoms with Crippen LogP contribution in [0.5, 0.6) is 5.75 Å². The highest BCUT2D eigenvalue weighted by Crippen LogP contribution is 2.15. The molecule has 0 aliphatic carbocycles. The average Bonchev–Trinajstić information content (AvgIpc) is 2.53. The van der Waals surface area contributed by atoms with Crippen molar-refractivity contribution in [2.24, 2.45) is 0 Å². The van der Waals surface area contributed by atoms with E-state index in [0.717, 1.165) is 44.2 Å². The number of rotatable bonds is 10. The summed E-state index contributed by atoms with van der Waals surface area (Å²) in [6.07, 6.45) is 1.25. The lowest BCUT2D eigenvalue weighted by Gasteiger charge is -2.19. The van der Waals surface area contributed by atoms with Crippen molar-refractivity contribution in [2.45, 2.75) is 34.1 Å². The number of ether oxygens (including phenoxy) is 2. The molecular weight excluding hydrogens is 276 g/mol. The molecule has 0 aliphatic rings. The van der Waals surface area contributed by atoms with Crippen LogP contribution >= 0.6 is 0 Å². The summed E-state index contributed by atoms with van der Waals surface area (Å²) in [6.45, 7) is 13.8. The quantitative estimate of drug-likeness (QED) is 0.711. The molecule has 128 valence electrons. The fourth-order valence-electron chi connectivity index (χ4n) is 1.81. The molecule has 0 fully saturated rings. The Morgan fingerprint density at radius 1 is 0.955 bits per heavy atom. The summed E-state index contributed by atoms with van der Waals surface area (Å²) in [7, 11) is 1.73. The molecule has 0 aliphatic heterocycles. The van der Waals surface area contributed by atoms with E-state index in [2.05, 4.69) is 37.9 Å². The van der Waals surface area contributed by atoms with Crippen molar-refractivity contribution in [3.05, 3.63) is 24.3 Å². The van der Waals surface area contributed by atoms with E-state index in [0.29, 0.717) is 6.61 Å². The Morgan fingerprint density at radius 2 is 1.55 bits per heavy atom. The molecule has 0 heterocycles. The second-order valence-corrected chi connectivity index (χ2v) is 5.04. The van der Waals surface area contributed by atoms with Crippen molar-refractivity contribution < 1.29 is 9.47 Å². The van der Waals surface area contributed by atoms with Gasteiger partial charge in [0.15, 0.2) is 0 Å². The summed E-state index contributed by atoms with van der Waals surface area (Å²) in [5, 5.41) is 3.26. The lowest BCUT2D eigenvalue weighted by atomic mass is 10.3. The van der Waals surface area contributed by atoms with E-state index < -0.39 is 0 Å². The van der Waals surface area contributed by atoms with E-state index >= 15 is 0 Å². The molecule has 1 N–H and O–H groups in total. The topological polar surface area (TPSA) is 33.7 Å². The first-order valence-electron chi connectivity index (χ1n) is 8.39. The van der Waals surface area contributed by atoms with Gasteiger partial charge in [0.1, 0.15) is 12.4 Å². The predicted octanol–water partition coefficient (Wildman–Crippen LogP) is 3.88. The van der Waals surface area contributed by atoms with Gasteiger partial charge in [-0.1, -0.05) is 27.2 Å². The van der Waals surface area contributed by atoms with Crippen LogP contribution in [0.2, 0.25) is 0 Å². The van der Waals surface area contributed by atoms with Crippen LogP contribution in [-0.4, -0.2) is 51.4 Å². The molecule has 0 radical (unpaired) electrons. The first-order chi connectivity index (χ1) is 10.7. The van der Waals surface area contributed by atoms with Gasteiger partial charge in [-0.2, -0.15) is 0 Å². The van der Waals surface area contributed by atoms with Crippen LogP contribution in [0, 0.1) is 0 Å². The normalized spacial score (nSPS) is 10.1. The monoisotopic (exact) mass is 310 g/mol. The standard InChI is InChI=1S/C15H26N2O2.C3H8/c1-4-16-14-6-8-15(9-7-14)19-13-11-17(5-2)10-12-18-3;1-3-2/h6-9,16H,4-5,10-13H2,1-3H3;3H2,1-2H3. The molecule has 4 heteroatoms. The van der Waals surface area contributed by atoms with Gasteiger partial charge in [0.05, 0.1) is 6.61 Å². The number of methoxy groups -OCH3 is 1. The van der Waals surface area contributed by atoms with Crippen molar-refractivity contribution >= 4 is 5.69 Å². The van der Waals surface area contributed by atoms with E-state index in [9.17, 15) is 0 Å². The molecule has 1 aromatic carbocycles. The number of nitrogens with one attached hydrogen (secondary N) is 1. The third-order valence-corrected chi connectivity index (χ3v) is 2.97. The predicted molar refractivity (Wildman–Crippen MR) is 96.1 cm³/mol. The zero-order valence-electron chi connectivity index (χ0n) is 15.0. The van der Waals surface area contributed by atoms with E-state index in [-0.39, 0.29) is 0 Å². The van der Waals surface area contributed by atoms with E-state index in [1.807, 2.05) is 24.3 Å². The van der Waals surface area contributed by atoms with E-state index in [1.54, 1.807) is 7.11 Å². The zero-order chi connectivity index (χ0) is 16.6. The Kier molecular flexibility index (Phi) is 13.8. The van der Waals surface area contributed by atoms with Gasteiger partial charge in [-0.15, -0.1) is 0 Å². The maximum atomic E-state index is 5.74. The van der Waals surface area contributed by atoms with Gasteiger partial charge in [-0.3, -0.25) is 4.90 Å². The maximum absolute atomic E-state index is 5.74. The Bertz CT molecular complexity index is 341. The minimum Gasteiger partial charge on any atom is -0.492 e. The van der Waals surface area contributed by atoms with Gasteiger partial charge < -0.3 is 14.8 Å². The molecular formula is C18H34N2O2. The van der Waals surface area contributed by atoms with Gasteiger partial charge in [0, 0.05) is 32.4 Å². The van der Waals surface area contributed by atoms with Gasteiger partial charge >= 0.3 is 0 Å². The number of benzene rings is 1. The van der Waals surface area contributed by atoms with Crippen molar-refractivity contribution in [3.63, 3.8) is 0 Å². The molecule has 0 amide bonds. The van der Waals surface area contributed by atoms with Gasteiger partial charge in [-0.05, 0) is 37.7 Å². The molecule has 0 unspecified atom stereocenters. The van der Waals surface area contributed by atoms with E-state index in [1.165, 1.54) is 6.42 Å². The Morgan fingerprint density at radius 3 is 2.05 bits per heavy atom. The molecule has 0 saturated carbocycles. The second kappa shape index (κ2) is 14.7. The Hall–Kier alpha value is -1.26. The van der Waals surface area contributed by atoms with Crippen molar-refractivity contribution in [1.29, 1.82) is 0 Å². The third-order valence-electron chi connectivity index (χ3n) is 2.97. The molecule has 0 bridgehead atoms. The lowest BCUT2D eigenvalue weighted by molar-refractivity contribution is 0.138. The molecule has 4 nitrogen and oxygen atoms in total. The van der Waals surface area contributed by atoms with Crippen LogP contribution in [0.4, 0.5) is 5.69 Å². The number of likely N-dealkylation sites (N-methyl/N-ethyl adjacent to an activating group) is 1. The van der Waals surface area contributed by atoms with Gasteiger partial charge in [0.2, 0.25) is 0 Å². The van der Waals surface area contributed by atoms with Crippen LogP contribution in [0.3, 0.4) is 0 Å². The van der Waals surface area contributed by atoms with Crippen LogP contribution in [0.15, 0.2) is 24.3 Å². The Balaban J connectivity index is 0.00000135. The second-order valence-electron chi connectivity index (χ2n) is 5.04. The number of hydrogen-bond acceptors (Lipinski definition) is 4. The molecule has 22 heavy (non-hydrogen) atoms.